The van der Waals surface area contributed by atoms with Gasteiger partial charge in [0, 0.05) is 30.3 Å². The zero-order valence-corrected chi connectivity index (χ0v) is 24.1. The van der Waals surface area contributed by atoms with Crippen molar-refractivity contribution >= 4 is 15.7 Å². The van der Waals surface area contributed by atoms with Crippen LogP contribution in [0.4, 0.5) is 5.69 Å². The number of anilines is 1. The van der Waals surface area contributed by atoms with Gasteiger partial charge >= 0.3 is 0 Å². The molecule has 1 saturated heterocycles. The number of sulfonamides is 1. The van der Waals surface area contributed by atoms with Gasteiger partial charge in [-0.1, -0.05) is 84.9 Å². The standard InChI is InChI=1S/C33H36N2O5S/c1-24(26-10-5-3-6-11-26)35(2)22-30-21-32(27-18-16-25(23-36)17-19-27)40-33(39-30)28-12-9-13-29(20-28)34-41(37,38)31-14-7-4-8-15-31/h3-20,24,30,32-34,36H,21-23H2,1-2H3/t24-,30-,32+,33+/m0/s1. The monoisotopic (exact) mass is 572 g/mol. The molecule has 1 aliphatic rings. The highest BCUT2D eigenvalue weighted by atomic mass is 32.2. The predicted molar refractivity (Wildman–Crippen MR) is 160 cm³/mol. The van der Waals surface area contributed by atoms with E-state index in [2.05, 4.69) is 35.7 Å². The van der Waals surface area contributed by atoms with Gasteiger partial charge in [0.05, 0.1) is 23.7 Å². The zero-order valence-electron chi connectivity index (χ0n) is 23.3. The van der Waals surface area contributed by atoms with Crippen LogP contribution in [0, 0.1) is 0 Å². The molecular formula is C33H36N2O5S. The van der Waals surface area contributed by atoms with Gasteiger partial charge in [-0.05, 0) is 54.9 Å². The molecule has 0 bridgehead atoms. The van der Waals surface area contributed by atoms with Crippen molar-refractivity contribution in [2.75, 3.05) is 18.3 Å². The molecule has 2 N–H and O–H groups in total. The van der Waals surface area contributed by atoms with E-state index >= 15 is 0 Å². The van der Waals surface area contributed by atoms with E-state index in [-0.39, 0.29) is 29.8 Å². The fourth-order valence-electron chi connectivity index (χ4n) is 5.06. The normalized spacial score (nSPS) is 20.0. The summed E-state index contributed by atoms with van der Waals surface area (Å²) in [5.74, 6) is 0. The summed E-state index contributed by atoms with van der Waals surface area (Å²) in [5, 5.41) is 9.49. The molecule has 0 unspecified atom stereocenters. The third-order valence-electron chi connectivity index (χ3n) is 7.51. The van der Waals surface area contributed by atoms with Crippen molar-refractivity contribution in [3.05, 3.63) is 131 Å². The van der Waals surface area contributed by atoms with Gasteiger partial charge in [-0.2, -0.15) is 0 Å². The van der Waals surface area contributed by atoms with Crippen molar-refractivity contribution in [3.63, 3.8) is 0 Å². The molecule has 0 amide bonds. The molecule has 0 saturated carbocycles. The average molecular weight is 573 g/mol. The molecule has 0 radical (unpaired) electrons. The maximum Gasteiger partial charge on any atom is 0.261 e. The maximum absolute atomic E-state index is 12.9. The number of likely N-dealkylation sites (N-methyl/N-ethyl adjacent to an activating group) is 1. The lowest BCUT2D eigenvalue weighted by Gasteiger charge is -2.39. The number of nitrogens with one attached hydrogen (secondary N) is 1. The van der Waals surface area contributed by atoms with E-state index < -0.39 is 16.3 Å². The first-order valence-electron chi connectivity index (χ1n) is 13.8. The molecular weight excluding hydrogens is 536 g/mol. The summed E-state index contributed by atoms with van der Waals surface area (Å²) in [7, 11) is -1.65. The molecule has 1 aliphatic heterocycles. The summed E-state index contributed by atoms with van der Waals surface area (Å²) < 4.78 is 41.5. The summed E-state index contributed by atoms with van der Waals surface area (Å²) in [6.07, 6.45) is -0.423. The average Bonchev–Trinajstić information content (AvgIpc) is 3.01. The van der Waals surface area contributed by atoms with Crippen LogP contribution in [0.5, 0.6) is 0 Å². The minimum Gasteiger partial charge on any atom is -0.392 e. The molecule has 4 aromatic rings. The van der Waals surface area contributed by atoms with Crippen LogP contribution in [-0.2, 0) is 26.1 Å². The molecule has 4 aromatic carbocycles. The molecule has 41 heavy (non-hydrogen) atoms. The summed E-state index contributed by atoms with van der Waals surface area (Å²) in [4.78, 5) is 2.47. The Hall–Kier alpha value is -3.53. The van der Waals surface area contributed by atoms with Gasteiger partial charge < -0.3 is 14.6 Å². The SMILES string of the molecule is C[C@@H](c1ccccc1)N(C)C[C@@H]1C[C@H](c2ccc(CO)cc2)O[C@H](c2cccc(NS(=O)(=O)c3ccccc3)c2)O1. The molecule has 0 spiro atoms. The Morgan fingerprint density at radius 2 is 1.56 bits per heavy atom. The lowest BCUT2D eigenvalue weighted by atomic mass is 9.99. The van der Waals surface area contributed by atoms with Gasteiger partial charge in [-0.3, -0.25) is 9.62 Å². The van der Waals surface area contributed by atoms with Crippen LogP contribution in [0.2, 0.25) is 0 Å². The second-order valence-corrected chi connectivity index (χ2v) is 12.1. The van der Waals surface area contributed by atoms with E-state index in [9.17, 15) is 13.5 Å². The smallest absolute Gasteiger partial charge is 0.261 e. The van der Waals surface area contributed by atoms with Crippen LogP contribution in [0.15, 0.2) is 114 Å². The first-order chi connectivity index (χ1) is 19.8. The number of nitrogens with zero attached hydrogens (tertiary/aromatic N) is 1. The third-order valence-corrected chi connectivity index (χ3v) is 8.91. The molecule has 0 aromatic heterocycles. The number of aliphatic hydroxyl groups is 1. The van der Waals surface area contributed by atoms with Crippen molar-refractivity contribution in [1.82, 2.24) is 4.90 Å². The number of benzene rings is 4. The number of rotatable bonds is 10. The highest BCUT2D eigenvalue weighted by molar-refractivity contribution is 7.92. The van der Waals surface area contributed by atoms with Crippen molar-refractivity contribution in [2.24, 2.45) is 0 Å². The minimum absolute atomic E-state index is 0.0198. The van der Waals surface area contributed by atoms with Gasteiger partial charge in [-0.15, -0.1) is 0 Å². The molecule has 5 rings (SSSR count). The second kappa shape index (κ2) is 13.0. The summed E-state index contributed by atoms with van der Waals surface area (Å²) in [6, 6.07) is 33.8. The molecule has 214 valence electrons. The van der Waals surface area contributed by atoms with E-state index in [0.717, 1.165) is 16.7 Å². The van der Waals surface area contributed by atoms with Crippen molar-refractivity contribution in [3.8, 4) is 0 Å². The van der Waals surface area contributed by atoms with E-state index in [4.69, 9.17) is 9.47 Å². The van der Waals surface area contributed by atoms with Crippen LogP contribution in [0.25, 0.3) is 0 Å². The van der Waals surface area contributed by atoms with Crippen LogP contribution in [0.3, 0.4) is 0 Å². The van der Waals surface area contributed by atoms with Gasteiger partial charge in [0.2, 0.25) is 0 Å². The number of ether oxygens (including phenoxy) is 2. The minimum atomic E-state index is -3.74. The van der Waals surface area contributed by atoms with Gasteiger partial charge in [0.1, 0.15) is 0 Å². The Bertz CT molecular complexity index is 1510. The lowest BCUT2D eigenvalue weighted by molar-refractivity contribution is -0.253. The van der Waals surface area contributed by atoms with E-state index in [1.165, 1.54) is 5.56 Å². The Labute approximate surface area is 242 Å². The molecule has 0 aliphatic carbocycles. The Morgan fingerprint density at radius 1 is 0.878 bits per heavy atom. The van der Waals surface area contributed by atoms with Crippen molar-refractivity contribution in [1.29, 1.82) is 0 Å². The first-order valence-corrected chi connectivity index (χ1v) is 15.2. The largest absolute Gasteiger partial charge is 0.392 e. The fraction of sp³-hybridized carbons (Fsp3) is 0.273. The predicted octanol–water partition coefficient (Wildman–Crippen LogP) is 6.22. The van der Waals surface area contributed by atoms with Crippen LogP contribution >= 0.6 is 0 Å². The molecule has 1 fully saturated rings. The molecule has 4 atom stereocenters. The quantitative estimate of drug-likeness (QED) is 0.235. The molecule has 1 heterocycles. The molecule has 7 nitrogen and oxygen atoms in total. The number of hydrogen-bond acceptors (Lipinski definition) is 6. The van der Waals surface area contributed by atoms with Crippen LogP contribution < -0.4 is 4.72 Å². The van der Waals surface area contributed by atoms with E-state index in [1.807, 2.05) is 48.5 Å². The number of aliphatic hydroxyl groups excluding tert-OH is 1. The number of hydrogen-bond donors (Lipinski definition) is 2. The Morgan fingerprint density at radius 3 is 2.24 bits per heavy atom. The van der Waals surface area contributed by atoms with Crippen LogP contribution in [0.1, 0.15) is 54.0 Å². The van der Waals surface area contributed by atoms with E-state index in [1.54, 1.807) is 48.5 Å². The van der Waals surface area contributed by atoms with Gasteiger partial charge in [-0.25, -0.2) is 8.42 Å². The Kier molecular flexibility index (Phi) is 9.17. The summed E-state index contributed by atoms with van der Waals surface area (Å²) in [5.41, 5.74) is 4.22. The van der Waals surface area contributed by atoms with Crippen LogP contribution in [-0.4, -0.2) is 38.1 Å². The molecule has 8 heteroatoms. The first kappa shape index (κ1) is 29.0. The third kappa shape index (κ3) is 7.22. The highest BCUT2D eigenvalue weighted by Gasteiger charge is 2.33. The lowest BCUT2D eigenvalue weighted by Crippen LogP contribution is -2.38. The zero-order chi connectivity index (χ0) is 28.8. The summed E-state index contributed by atoms with van der Waals surface area (Å²) >= 11 is 0. The van der Waals surface area contributed by atoms with Crippen molar-refractivity contribution in [2.45, 2.75) is 49.4 Å². The fourth-order valence-corrected chi connectivity index (χ4v) is 6.13. The Balaban J connectivity index is 1.38. The second-order valence-electron chi connectivity index (χ2n) is 10.4. The van der Waals surface area contributed by atoms with Gasteiger partial charge in [0.25, 0.3) is 10.0 Å². The topological polar surface area (TPSA) is 88.1 Å². The highest BCUT2D eigenvalue weighted by Crippen LogP contribution is 2.39. The summed E-state index contributed by atoms with van der Waals surface area (Å²) in [6.45, 7) is 2.84. The van der Waals surface area contributed by atoms with Gasteiger partial charge in [0.15, 0.2) is 6.29 Å². The van der Waals surface area contributed by atoms with Crippen molar-refractivity contribution < 1.29 is 23.0 Å². The maximum atomic E-state index is 12.9. The van der Waals surface area contributed by atoms with E-state index in [0.29, 0.717) is 18.7 Å².